The number of carbonyl (C=O) groups excluding carboxylic acids is 1. The molecule has 1 amide bonds. The van der Waals surface area contributed by atoms with Crippen molar-refractivity contribution in [1.82, 2.24) is 10.2 Å². The van der Waals surface area contributed by atoms with Gasteiger partial charge < -0.3 is 10.1 Å². The normalized spacial score (nSPS) is 7.20. The molecular weight excluding hydrogens is 564 g/mol. The number of amides is 1. The molecule has 1 rings (SSSR count). The van der Waals surface area contributed by atoms with Gasteiger partial charge in [0, 0.05) is 96.0 Å². The minimum absolute atomic E-state index is 0.172. The smallest absolute Gasteiger partial charge is 0.251 e. The second kappa shape index (κ2) is 27.0. The molecule has 0 saturated heterocycles. The molecule has 1 aromatic carbocycles. The number of nitrogens with one attached hydrogen (secondary N) is 1. The van der Waals surface area contributed by atoms with E-state index in [1.54, 1.807) is 55.6 Å². The highest BCUT2D eigenvalue weighted by atomic mass is 16.5. The van der Waals surface area contributed by atoms with Crippen molar-refractivity contribution in [2.45, 2.75) is 13.8 Å². The number of benzene rings is 1. The Hall–Kier alpha value is -8.21. The van der Waals surface area contributed by atoms with Crippen molar-refractivity contribution in [3.8, 4) is 160 Å². The molecule has 4 nitrogen and oxygen atoms in total. The van der Waals surface area contributed by atoms with E-state index in [9.17, 15) is 4.79 Å². The average molecular weight is 585 g/mol. The predicted molar refractivity (Wildman–Crippen MR) is 182 cm³/mol. The molecule has 46 heavy (non-hydrogen) atoms. The van der Waals surface area contributed by atoms with Crippen LogP contribution in [-0.4, -0.2) is 17.9 Å². The summed E-state index contributed by atoms with van der Waals surface area (Å²) in [6, 6.07) is 14.6. The van der Waals surface area contributed by atoms with Gasteiger partial charge in [-0.25, -0.2) is 0 Å². The molecule has 0 aliphatic carbocycles. The fraction of sp³-hybridized carbons (Fsp3) is 0.0714. The van der Waals surface area contributed by atoms with Crippen LogP contribution >= 0.6 is 0 Å². The highest BCUT2D eigenvalue weighted by Gasteiger charge is 2.01. The maximum atomic E-state index is 11.5. The molecule has 0 radical (unpaired) electrons. The van der Waals surface area contributed by atoms with E-state index in [0.717, 1.165) is 4.90 Å². The van der Waals surface area contributed by atoms with Crippen LogP contribution in [0.1, 0.15) is 24.2 Å². The zero-order chi connectivity index (χ0) is 33.2. The summed E-state index contributed by atoms with van der Waals surface area (Å²) in [7, 11) is 1.57. The molecule has 0 atom stereocenters. The third-order valence-corrected chi connectivity index (χ3v) is 3.98. The number of allylic oxidation sites excluding steroid dienone is 5. The van der Waals surface area contributed by atoms with Crippen LogP contribution in [0.2, 0.25) is 0 Å². The van der Waals surface area contributed by atoms with E-state index < -0.39 is 0 Å². The first-order valence-electron chi connectivity index (χ1n) is 12.9. The van der Waals surface area contributed by atoms with Crippen LogP contribution in [0.15, 0.2) is 60.9 Å². The summed E-state index contributed by atoms with van der Waals surface area (Å²) < 4.78 is 5.40. The monoisotopic (exact) mass is 584 g/mol. The van der Waals surface area contributed by atoms with E-state index in [-0.39, 0.29) is 5.91 Å². The molecule has 0 fully saturated rings. The van der Waals surface area contributed by atoms with Gasteiger partial charge in [-0.05, 0) is 109 Å². The first kappa shape index (κ1) is 35.8. The Morgan fingerprint density at radius 2 is 0.935 bits per heavy atom. The Bertz CT molecular complexity index is 2130. The van der Waals surface area contributed by atoms with E-state index in [2.05, 4.69) is 160 Å². The lowest BCUT2D eigenvalue weighted by molar-refractivity contribution is 0.0963. The molecule has 0 saturated carbocycles. The van der Waals surface area contributed by atoms with Gasteiger partial charge in [0.1, 0.15) is 5.75 Å². The van der Waals surface area contributed by atoms with Crippen molar-refractivity contribution in [2.24, 2.45) is 0 Å². The molecule has 4 heteroatoms. The second-order valence-corrected chi connectivity index (χ2v) is 7.13. The van der Waals surface area contributed by atoms with Gasteiger partial charge in [0.2, 0.25) is 0 Å². The lowest BCUT2D eigenvalue weighted by Crippen LogP contribution is -2.17. The first-order valence-corrected chi connectivity index (χ1v) is 12.9. The minimum atomic E-state index is -0.172. The summed E-state index contributed by atoms with van der Waals surface area (Å²) in [5.41, 5.74) is 0.536. The Labute approximate surface area is 272 Å². The van der Waals surface area contributed by atoms with Gasteiger partial charge >= 0.3 is 0 Å². The third-order valence-electron chi connectivity index (χ3n) is 3.98. The highest BCUT2D eigenvalue weighted by Crippen LogP contribution is 2.12. The Morgan fingerprint density at radius 1 is 0.565 bits per heavy atom. The van der Waals surface area contributed by atoms with Gasteiger partial charge in [-0.2, -0.15) is 4.90 Å². The number of ether oxygens (including phenoxy) is 1. The summed E-state index contributed by atoms with van der Waals surface area (Å²) >= 11 is 0. The third kappa shape index (κ3) is 20.7. The summed E-state index contributed by atoms with van der Waals surface area (Å²) in [5.74, 6) is 60.0. The number of hydrogen-bond donors (Lipinski definition) is 1. The number of hydrogen-bond acceptors (Lipinski definition) is 3. The van der Waals surface area contributed by atoms with Gasteiger partial charge in [0.05, 0.1) is 6.26 Å². The van der Waals surface area contributed by atoms with Crippen molar-refractivity contribution in [1.29, 1.82) is 0 Å². The SMILES string of the molecule is CC=CC#CC#CC#CC#CN(C#CC#CC#CC#CC#CC=COc1ccc(C(=O)NC)cc1)C#CC#CC#CC#CC=CC. The minimum Gasteiger partial charge on any atom is -0.464 e. The van der Waals surface area contributed by atoms with Gasteiger partial charge in [0.25, 0.3) is 5.91 Å². The number of rotatable bonds is 3. The maximum absolute atomic E-state index is 11.5. The molecule has 210 valence electrons. The van der Waals surface area contributed by atoms with Crippen LogP contribution in [0.25, 0.3) is 0 Å². The highest BCUT2D eigenvalue weighted by molar-refractivity contribution is 5.94. The molecule has 0 aliphatic rings. The molecule has 0 spiro atoms. The van der Waals surface area contributed by atoms with Crippen LogP contribution < -0.4 is 10.1 Å². The van der Waals surface area contributed by atoms with Crippen molar-refractivity contribution in [3.05, 3.63) is 66.5 Å². The van der Waals surface area contributed by atoms with Crippen molar-refractivity contribution in [3.63, 3.8) is 0 Å². The standard InChI is InChI=1S/C42H20N2O2/c1-4-6-8-10-12-16-20-24-28-36-44(37-29-25-21-17-13-11-9-7-5-2)38-30-26-22-18-14-15-19-23-27-31-39-46-41-34-32-40(33-35-41)42(45)43-3/h4-7,31-35,39H,1-3H3,(H,43,45). The van der Waals surface area contributed by atoms with E-state index in [1.165, 1.54) is 12.3 Å². The molecule has 0 aromatic heterocycles. The lowest BCUT2D eigenvalue weighted by Gasteiger charge is -2.01. The lowest BCUT2D eigenvalue weighted by atomic mass is 10.2. The van der Waals surface area contributed by atoms with Crippen LogP contribution in [0.3, 0.4) is 0 Å². The molecule has 1 N–H and O–H groups in total. The van der Waals surface area contributed by atoms with Crippen LogP contribution in [0, 0.1) is 154 Å². The van der Waals surface area contributed by atoms with Crippen molar-refractivity contribution < 1.29 is 9.53 Å². The van der Waals surface area contributed by atoms with E-state index in [4.69, 9.17) is 4.74 Å². The van der Waals surface area contributed by atoms with Gasteiger partial charge in [0.15, 0.2) is 0 Å². The average Bonchev–Trinajstić information content (AvgIpc) is 3.08. The molecule has 1 aromatic rings. The number of carbonyl (C=O) groups is 1. The van der Waals surface area contributed by atoms with Crippen molar-refractivity contribution >= 4 is 5.91 Å². The molecule has 0 bridgehead atoms. The summed E-state index contributed by atoms with van der Waals surface area (Å²) in [6.07, 6.45) is 9.86. The molecule has 0 heterocycles. The maximum Gasteiger partial charge on any atom is 0.251 e. The molecule has 0 aliphatic heterocycles. The fourth-order valence-electron chi connectivity index (χ4n) is 2.15. The van der Waals surface area contributed by atoms with Gasteiger partial charge in [-0.3, -0.25) is 4.79 Å². The quantitative estimate of drug-likeness (QED) is 0.337. The largest absolute Gasteiger partial charge is 0.464 e. The summed E-state index contributed by atoms with van der Waals surface area (Å²) in [5, 5.41) is 2.55. The Morgan fingerprint density at radius 3 is 1.33 bits per heavy atom. The van der Waals surface area contributed by atoms with Crippen molar-refractivity contribution in [2.75, 3.05) is 7.05 Å². The van der Waals surface area contributed by atoms with Crippen LogP contribution in [0.5, 0.6) is 5.75 Å². The predicted octanol–water partition coefficient (Wildman–Crippen LogP) is 3.31. The molecule has 0 unspecified atom stereocenters. The summed E-state index contributed by atoms with van der Waals surface area (Å²) in [6.45, 7) is 3.72. The number of nitrogens with zero attached hydrogens (tertiary/aromatic N) is 1. The van der Waals surface area contributed by atoms with Gasteiger partial charge in [-0.1, -0.05) is 29.9 Å². The fourth-order valence-corrected chi connectivity index (χ4v) is 2.15. The van der Waals surface area contributed by atoms with Crippen LogP contribution in [0.4, 0.5) is 0 Å². The summed E-state index contributed by atoms with van der Waals surface area (Å²) in [4.78, 5) is 12.7. The van der Waals surface area contributed by atoms with Gasteiger partial charge in [-0.15, -0.1) is 0 Å². The van der Waals surface area contributed by atoms with E-state index in [0.29, 0.717) is 11.3 Å². The first-order chi connectivity index (χ1) is 22.7. The zero-order valence-electron chi connectivity index (χ0n) is 25.0. The topological polar surface area (TPSA) is 41.6 Å². The Balaban J connectivity index is 2.83. The molecular formula is C42H20N2O2. The van der Waals surface area contributed by atoms with E-state index >= 15 is 0 Å². The van der Waals surface area contributed by atoms with Crippen LogP contribution in [-0.2, 0) is 0 Å². The second-order valence-electron chi connectivity index (χ2n) is 7.13. The Kier molecular flexibility index (Phi) is 21.0. The van der Waals surface area contributed by atoms with E-state index in [1.807, 2.05) is 13.8 Å². The zero-order valence-corrected chi connectivity index (χ0v) is 25.0.